The summed E-state index contributed by atoms with van der Waals surface area (Å²) in [4.78, 5) is 0. The maximum Gasteiger partial charge on any atom is -0.00240 e. The minimum absolute atomic E-state index is 0. The van der Waals surface area contributed by atoms with E-state index in [1.54, 1.807) is 0 Å². The molecule has 0 aliphatic carbocycles. The molecule has 0 aliphatic rings. The van der Waals surface area contributed by atoms with Gasteiger partial charge in [-0.15, -0.1) is 67.9 Å². The second kappa shape index (κ2) is 24.0. The summed E-state index contributed by atoms with van der Waals surface area (Å²) in [6, 6.07) is 41.0. The van der Waals surface area contributed by atoms with Crippen LogP contribution in [0.5, 0.6) is 0 Å². The Balaban J connectivity index is 0.00000180. The van der Waals surface area contributed by atoms with Gasteiger partial charge in [-0.05, 0) is 186 Å². The molecule has 0 saturated carbocycles. The van der Waals surface area contributed by atoms with Crippen LogP contribution in [-0.2, 0) is 12.8 Å². The highest BCUT2D eigenvalue weighted by Gasteiger charge is 2.13. The predicted molar refractivity (Wildman–Crippen MR) is 273 cm³/mol. The van der Waals surface area contributed by atoms with Crippen LogP contribution in [0.1, 0.15) is 56.1 Å². The lowest BCUT2D eigenvalue weighted by molar-refractivity contribution is 0.543. The van der Waals surface area contributed by atoms with Crippen molar-refractivity contribution < 1.29 is 0 Å². The van der Waals surface area contributed by atoms with Crippen LogP contribution in [0, 0.1) is 0 Å². The number of nitrogens with one attached hydrogen (secondary N) is 4. The SMILES string of the molecule is Br.Br.Br.Br.c1cc2ccc3cccc4c(CCCCNCCCNCCCNCCCNCCCCc5cc6cccc7ccc8cccc5c8c76)cc(c1)c2c34. The summed E-state index contributed by atoms with van der Waals surface area (Å²) in [6.45, 7) is 8.76. The molecule has 8 aromatic rings. The van der Waals surface area contributed by atoms with Gasteiger partial charge in [-0.2, -0.15) is 0 Å². The first-order chi connectivity index (χ1) is 26.3. The first-order valence-electron chi connectivity index (χ1n) is 20.5. The van der Waals surface area contributed by atoms with E-state index in [0.29, 0.717) is 0 Å². The van der Waals surface area contributed by atoms with Gasteiger partial charge in [-0.3, -0.25) is 0 Å². The summed E-state index contributed by atoms with van der Waals surface area (Å²) in [5.74, 6) is 0. The summed E-state index contributed by atoms with van der Waals surface area (Å²) < 4.78 is 0. The van der Waals surface area contributed by atoms with Crippen LogP contribution in [-0.4, -0.2) is 52.4 Å². The predicted octanol–water partition coefficient (Wildman–Crippen LogP) is 12.7. The molecule has 0 bridgehead atoms. The molecule has 0 aliphatic heterocycles. The third kappa shape index (κ3) is 11.5. The molecule has 8 heteroatoms. The molecule has 0 unspecified atom stereocenters. The van der Waals surface area contributed by atoms with E-state index in [4.69, 9.17) is 0 Å². The van der Waals surface area contributed by atoms with Gasteiger partial charge in [-0.25, -0.2) is 0 Å². The fourth-order valence-electron chi connectivity index (χ4n) is 8.73. The first-order valence-corrected chi connectivity index (χ1v) is 20.5. The lowest BCUT2D eigenvalue weighted by Gasteiger charge is -2.14. The molecule has 4 nitrogen and oxygen atoms in total. The zero-order chi connectivity index (χ0) is 35.7. The molecule has 0 amide bonds. The number of unbranched alkanes of at least 4 members (excludes halogenated alkanes) is 2. The van der Waals surface area contributed by atoms with Crippen molar-refractivity contribution in [3.8, 4) is 0 Å². The molecule has 0 saturated heterocycles. The van der Waals surface area contributed by atoms with Crippen molar-refractivity contribution in [2.75, 3.05) is 52.4 Å². The van der Waals surface area contributed by atoms with Gasteiger partial charge < -0.3 is 21.3 Å². The zero-order valence-electron chi connectivity index (χ0n) is 33.0. The Morgan fingerprint density at radius 2 is 0.579 bits per heavy atom. The quantitative estimate of drug-likeness (QED) is 0.0404. The molecule has 0 atom stereocenters. The summed E-state index contributed by atoms with van der Waals surface area (Å²) >= 11 is 0. The van der Waals surface area contributed by atoms with E-state index in [9.17, 15) is 0 Å². The minimum atomic E-state index is 0. The molecule has 57 heavy (non-hydrogen) atoms. The lowest BCUT2D eigenvalue weighted by atomic mass is 9.90. The van der Waals surface area contributed by atoms with Crippen LogP contribution in [0.15, 0.2) is 109 Å². The van der Waals surface area contributed by atoms with Gasteiger partial charge in [0.25, 0.3) is 0 Å². The van der Waals surface area contributed by atoms with Crippen molar-refractivity contribution in [3.05, 3.63) is 120 Å². The van der Waals surface area contributed by atoms with Gasteiger partial charge in [0.2, 0.25) is 0 Å². The Kier molecular flexibility index (Phi) is 19.9. The van der Waals surface area contributed by atoms with Crippen LogP contribution < -0.4 is 21.3 Å². The van der Waals surface area contributed by atoms with Gasteiger partial charge in [0.1, 0.15) is 0 Å². The number of hydrogen-bond donors (Lipinski definition) is 4. The number of rotatable bonds is 22. The fourth-order valence-corrected chi connectivity index (χ4v) is 8.73. The van der Waals surface area contributed by atoms with E-state index in [1.165, 1.54) is 121 Å². The summed E-state index contributed by atoms with van der Waals surface area (Å²) in [6.07, 6.45) is 10.7. The van der Waals surface area contributed by atoms with Crippen molar-refractivity contribution in [1.29, 1.82) is 0 Å². The standard InChI is InChI=1S/C49H56N4.4BrH/c1(12-40-34-42-18-5-14-36-22-24-38-16-7-20-44(40)48(38)46(36)42)3-26-50-28-9-30-52-32-11-33-53-31-10-29-51-27-4-2-13-41-35-43-19-6-15-37-23-25-39-17-8-21-45(41)49(39)47(37)43;;;;/h5-8,14-25,34-35,50-53H,1-4,9-13,26-33H2;4*1H. The molecule has 0 heterocycles. The summed E-state index contributed by atoms with van der Waals surface area (Å²) in [7, 11) is 0. The summed E-state index contributed by atoms with van der Waals surface area (Å²) in [5, 5.41) is 31.4. The van der Waals surface area contributed by atoms with Crippen molar-refractivity contribution in [2.24, 2.45) is 0 Å². The van der Waals surface area contributed by atoms with Gasteiger partial charge in [-0.1, -0.05) is 109 Å². The molecule has 0 aromatic heterocycles. The van der Waals surface area contributed by atoms with Gasteiger partial charge in [0.15, 0.2) is 0 Å². The Labute approximate surface area is 381 Å². The van der Waals surface area contributed by atoms with Gasteiger partial charge in [0.05, 0.1) is 0 Å². The lowest BCUT2D eigenvalue weighted by Crippen LogP contribution is -2.27. The molecular formula is C49H60Br4N4. The third-order valence-corrected chi connectivity index (χ3v) is 11.4. The van der Waals surface area contributed by atoms with Crippen LogP contribution in [0.3, 0.4) is 0 Å². The topological polar surface area (TPSA) is 48.1 Å². The molecule has 0 radical (unpaired) electrons. The third-order valence-electron chi connectivity index (χ3n) is 11.4. The smallest absolute Gasteiger partial charge is 0.00240 e. The largest absolute Gasteiger partial charge is 0.317 e. The Bertz CT molecular complexity index is 2210. The number of benzene rings is 8. The van der Waals surface area contributed by atoms with Crippen LogP contribution in [0.25, 0.3) is 64.6 Å². The van der Waals surface area contributed by atoms with Gasteiger partial charge in [0, 0.05) is 0 Å². The Morgan fingerprint density at radius 3 is 0.947 bits per heavy atom. The van der Waals surface area contributed by atoms with E-state index in [-0.39, 0.29) is 67.9 Å². The monoisotopic (exact) mass is 1020 g/mol. The number of hydrogen-bond acceptors (Lipinski definition) is 4. The van der Waals surface area contributed by atoms with E-state index >= 15 is 0 Å². The molecule has 4 N–H and O–H groups in total. The van der Waals surface area contributed by atoms with Crippen LogP contribution in [0.4, 0.5) is 0 Å². The number of aryl methyl sites for hydroxylation is 2. The van der Waals surface area contributed by atoms with Crippen LogP contribution in [0.2, 0.25) is 0 Å². The average Bonchev–Trinajstić information content (AvgIpc) is 3.20. The Hall–Kier alpha value is -2.40. The second-order valence-electron chi connectivity index (χ2n) is 15.1. The fraction of sp³-hybridized carbons (Fsp3) is 0.347. The maximum atomic E-state index is 3.67. The maximum absolute atomic E-state index is 3.67. The van der Waals surface area contributed by atoms with E-state index in [0.717, 1.165) is 65.2 Å². The molecule has 8 rings (SSSR count). The second-order valence-corrected chi connectivity index (χ2v) is 15.1. The highest BCUT2D eigenvalue weighted by atomic mass is 79.9. The van der Waals surface area contributed by atoms with Crippen molar-refractivity contribution in [1.82, 2.24) is 21.3 Å². The normalized spacial score (nSPS) is 11.4. The Morgan fingerprint density at radius 1 is 0.281 bits per heavy atom. The summed E-state index contributed by atoms with van der Waals surface area (Å²) in [5.41, 5.74) is 2.99. The molecular weight excluding hydrogens is 964 g/mol. The average molecular weight is 1020 g/mol. The van der Waals surface area contributed by atoms with Gasteiger partial charge >= 0.3 is 0 Å². The molecule has 0 fully saturated rings. The van der Waals surface area contributed by atoms with Crippen molar-refractivity contribution in [2.45, 2.75) is 57.8 Å². The zero-order valence-corrected chi connectivity index (χ0v) is 39.9. The van der Waals surface area contributed by atoms with Crippen molar-refractivity contribution in [3.63, 3.8) is 0 Å². The number of halogens is 4. The van der Waals surface area contributed by atoms with E-state index in [1.807, 2.05) is 0 Å². The van der Waals surface area contributed by atoms with Crippen LogP contribution >= 0.6 is 67.9 Å². The van der Waals surface area contributed by atoms with E-state index in [2.05, 4.69) is 130 Å². The van der Waals surface area contributed by atoms with Crippen molar-refractivity contribution >= 4 is 133 Å². The first kappa shape index (κ1) is 47.3. The molecule has 0 spiro atoms. The molecule has 8 aromatic carbocycles. The minimum Gasteiger partial charge on any atom is -0.317 e. The highest BCUT2D eigenvalue weighted by molar-refractivity contribution is 8.93. The highest BCUT2D eigenvalue weighted by Crippen LogP contribution is 2.38. The molecule has 304 valence electrons. The van der Waals surface area contributed by atoms with E-state index < -0.39 is 0 Å².